The number of fused-ring (bicyclic) bond motifs is 1. The molecule has 0 atom stereocenters. The normalized spacial score (nSPS) is 15.0. The third-order valence-corrected chi connectivity index (χ3v) is 6.58. The number of hydrogen-bond acceptors (Lipinski definition) is 6. The van der Waals surface area contributed by atoms with Crippen LogP contribution >= 0.6 is 10.7 Å². The quantitative estimate of drug-likeness (QED) is 0.246. The van der Waals surface area contributed by atoms with Crippen LogP contribution < -0.4 is 0 Å². The Kier molecular flexibility index (Phi) is 5.07. The van der Waals surface area contributed by atoms with E-state index in [-0.39, 0.29) is 23.0 Å². The van der Waals surface area contributed by atoms with Crippen molar-refractivity contribution >= 4 is 42.1 Å². The van der Waals surface area contributed by atoms with Gasteiger partial charge in [-0.2, -0.15) is 5.10 Å². The molecule has 0 unspecified atom stereocenters. The zero-order valence-corrected chi connectivity index (χ0v) is 17.0. The van der Waals surface area contributed by atoms with E-state index in [1.54, 1.807) is 4.68 Å². The smallest absolute Gasteiger partial charge is 0.271 e. The van der Waals surface area contributed by atoms with Gasteiger partial charge in [-0.1, -0.05) is 12.8 Å². The SMILES string of the molecule is O=C(c1ccc(F)c(S(=O)(=O)Cl)c1)c1nn(C2CCCC2)c2cc([N+](=O)[O-])ccc12. The van der Waals surface area contributed by atoms with E-state index in [0.717, 1.165) is 43.9 Å². The summed E-state index contributed by atoms with van der Waals surface area (Å²) in [5, 5.41) is 16.0. The molecule has 4 rings (SSSR count). The number of benzene rings is 2. The molecule has 2 aromatic carbocycles. The highest BCUT2D eigenvalue weighted by Crippen LogP contribution is 2.35. The molecule has 30 heavy (non-hydrogen) atoms. The van der Waals surface area contributed by atoms with E-state index in [1.807, 2.05) is 0 Å². The maximum absolute atomic E-state index is 13.9. The number of rotatable bonds is 5. The third-order valence-electron chi connectivity index (χ3n) is 5.24. The second-order valence-electron chi connectivity index (χ2n) is 7.10. The molecule has 1 fully saturated rings. The largest absolute Gasteiger partial charge is 0.287 e. The number of nitrogens with zero attached hydrogens (tertiary/aromatic N) is 3. The molecule has 0 spiro atoms. The lowest BCUT2D eigenvalue weighted by Crippen LogP contribution is -2.09. The van der Waals surface area contributed by atoms with Crippen LogP contribution in [0, 0.1) is 15.9 Å². The van der Waals surface area contributed by atoms with E-state index in [2.05, 4.69) is 5.10 Å². The Morgan fingerprint density at radius 3 is 2.53 bits per heavy atom. The summed E-state index contributed by atoms with van der Waals surface area (Å²) in [7, 11) is 0.863. The van der Waals surface area contributed by atoms with Crippen molar-refractivity contribution in [2.24, 2.45) is 0 Å². The summed E-state index contributed by atoms with van der Waals surface area (Å²) < 4.78 is 38.7. The Morgan fingerprint density at radius 2 is 1.90 bits per heavy atom. The number of non-ortho nitro benzene ring substituents is 1. The monoisotopic (exact) mass is 451 g/mol. The highest BCUT2D eigenvalue weighted by atomic mass is 35.7. The molecular weight excluding hydrogens is 437 g/mol. The van der Waals surface area contributed by atoms with Gasteiger partial charge < -0.3 is 0 Å². The molecule has 0 N–H and O–H groups in total. The van der Waals surface area contributed by atoms with Crippen LogP contribution in [0.5, 0.6) is 0 Å². The first-order valence-corrected chi connectivity index (χ1v) is 11.4. The van der Waals surface area contributed by atoms with Crippen molar-refractivity contribution < 1.29 is 22.5 Å². The number of hydrogen-bond donors (Lipinski definition) is 0. The van der Waals surface area contributed by atoms with Gasteiger partial charge in [0, 0.05) is 33.8 Å². The van der Waals surface area contributed by atoms with Crippen LogP contribution in [0.1, 0.15) is 47.8 Å². The van der Waals surface area contributed by atoms with Crippen LogP contribution in [0.2, 0.25) is 0 Å². The zero-order valence-electron chi connectivity index (χ0n) is 15.4. The molecule has 1 saturated carbocycles. The van der Waals surface area contributed by atoms with Crippen LogP contribution in [0.3, 0.4) is 0 Å². The number of halogens is 2. The first kappa shape index (κ1) is 20.4. The minimum Gasteiger partial charge on any atom is -0.287 e. The molecule has 1 aliphatic rings. The molecule has 0 aliphatic heterocycles. The van der Waals surface area contributed by atoms with E-state index in [1.165, 1.54) is 18.2 Å². The van der Waals surface area contributed by atoms with Crippen molar-refractivity contribution in [1.29, 1.82) is 0 Å². The van der Waals surface area contributed by atoms with Crippen LogP contribution in [-0.4, -0.2) is 28.9 Å². The minimum atomic E-state index is -4.39. The van der Waals surface area contributed by atoms with Gasteiger partial charge in [-0.3, -0.25) is 19.6 Å². The van der Waals surface area contributed by atoms with E-state index in [4.69, 9.17) is 10.7 Å². The highest BCUT2D eigenvalue weighted by Gasteiger charge is 2.27. The summed E-state index contributed by atoms with van der Waals surface area (Å²) in [4.78, 5) is 23.0. The van der Waals surface area contributed by atoms with Crippen molar-refractivity contribution in [3.05, 3.63) is 63.6 Å². The molecule has 1 aliphatic carbocycles. The Hall–Kier alpha value is -2.85. The second-order valence-corrected chi connectivity index (χ2v) is 9.64. The highest BCUT2D eigenvalue weighted by molar-refractivity contribution is 8.13. The molecule has 0 bridgehead atoms. The second kappa shape index (κ2) is 7.44. The maximum Gasteiger partial charge on any atom is 0.271 e. The maximum atomic E-state index is 13.9. The lowest BCUT2D eigenvalue weighted by molar-refractivity contribution is -0.384. The Bertz CT molecular complexity index is 1300. The van der Waals surface area contributed by atoms with Crippen LogP contribution in [-0.2, 0) is 9.05 Å². The van der Waals surface area contributed by atoms with Gasteiger partial charge in [0.2, 0.25) is 5.78 Å². The molecule has 3 aromatic rings. The number of aromatic nitrogens is 2. The number of ketones is 1. The van der Waals surface area contributed by atoms with Gasteiger partial charge in [0.05, 0.1) is 16.5 Å². The summed E-state index contributed by atoms with van der Waals surface area (Å²) in [5.74, 6) is -1.70. The Morgan fingerprint density at radius 1 is 1.20 bits per heavy atom. The molecule has 0 amide bonds. The van der Waals surface area contributed by atoms with Crippen molar-refractivity contribution in [1.82, 2.24) is 9.78 Å². The molecule has 1 aromatic heterocycles. The van der Waals surface area contributed by atoms with Gasteiger partial charge in [-0.15, -0.1) is 0 Å². The fourth-order valence-corrected chi connectivity index (χ4v) is 4.73. The summed E-state index contributed by atoms with van der Waals surface area (Å²) >= 11 is 0. The Labute approximate surface area is 174 Å². The first-order chi connectivity index (χ1) is 14.2. The van der Waals surface area contributed by atoms with Crippen LogP contribution in [0.4, 0.5) is 10.1 Å². The Balaban J connectivity index is 1.88. The fraction of sp³-hybridized carbons (Fsp3) is 0.263. The molecule has 1 heterocycles. The predicted octanol–water partition coefficient (Wildman–Crippen LogP) is 4.36. The average molecular weight is 452 g/mol. The first-order valence-electron chi connectivity index (χ1n) is 9.12. The lowest BCUT2D eigenvalue weighted by Gasteiger charge is -2.10. The summed E-state index contributed by atoms with van der Waals surface area (Å²) in [5.41, 5.74) is 0.230. The molecule has 156 valence electrons. The molecule has 0 radical (unpaired) electrons. The van der Waals surface area contributed by atoms with E-state index >= 15 is 0 Å². The molecule has 8 nitrogen and oxygen atoms in total. The lowest BCUT2D eigenvalue weighted by atomic mass is 10.0. The topological polar surface area (TPSA) is 112 Å². The predicted molar refractivity (Wildman–Crippen MR) is 107 cm³/mol. The van der Waals surface area contributed by atoms with Crippen molar-refractivity contribution in [2.45, 2.75) is 36.6 Å². The average Bonchev–Trinajstić information content (AvgIpc) is 3.34. The summed E-state index contributed by atoms with van der Waals surface area (Å²) in [6.07, 6.45) is 3.63. The van der Waals surface area contributed by atoms with E-state index in [9.17, 15) is 27.7 Å². The minimum absolute atomic E-state index is 0.00283. The number of carbonyl (C=O) groups excluding carboxylic acids is 1. The standard InChI is InChI=1S/C19H15ClFN3O5S/c20-30(28,29)17-9-11(5-8-15(17)21)19(25)18-14-7-6-13(24(26)27)10-16(14)23(22-18)12-3-1-2-4-12/h5-10,12H,1-4H2. The summed E-state index contributed by atoms with van der Waals surface area (Å²) in [6.45, 7) is 0. The number of nitro groups is 1. The molecule has 0 saturated heterocycles. The van der Waals surface area contributed by atoms with E-state index < -0.39 is 30.5 Å². The number of carbonyl (C=O) groups is 1. The molecular formula is C19H15ClFN3O5S. The van der Waals surface area contributed by atoms with E-state index in [0.29, 0.717) is 10.9 Å². The van der Waals surface area contributed by atoms with Gasteiger partial charge in [-0.25, -0.2) is 12.8 Å². The fourth-order valence-electron chi connectivity index (χ4n) is 3.80. The van der Waals surface area contributed by atoms with Crippen molar-refractivity contribution in [3.63, 3.8) is 0 Å². The molecule has 11 heteroatoms. The van der Waals surface area contributed by atoms with Gasteiger partial charge >= 0.3 is 0 Å². The van der Waals surface area contributed by atoms with Crippen molar-refractivity contribution in [3.8, 4) is 0 Å². The summed E-state index contributed by atoms with van der Waals surface area (Å²) in [6, 6.07) is 6.96. The third kappa shape index (κ3) is 3.56. The van der Waals surface area contributed by atoms with Gasteiger partial charge in [0.25, 0.3) is 14.7 Å². The van der Waals surface area contributed by atoms with Crippen LogP contribution in [0.15, 0.2) is 41.3 Å². The zero-order chi connectivity index (χ0) is 21.6. The van der Waals surface area contributed by atoms with Crippen molar-refractivity contribution in [2.75, 3.05) is 0 Å². The van der Waals surface area contributed by atoms with Gasteiger partial charge in [-0.05, 0) is 37.1 Å². The van der Waals surface area contributed by atoms with Crippen LogP contribution in [0.25, 0.3) is 10.9 Å². The van der Waals surface area contributed by atoms with Gasteiger partial charge in [0.1, 0.15) is 16.4 Å². The van der Waals surface area contributed by atoms with Gasteiger partial charge in [0.15, 0.2) is 0 Å². The number of nitro benzene ring substituents is 1.